The average Bonchev–Trinajstić information content (AvgIpc) is 3.25. The second kappa shape index (κ2) is 11.1. The number of hydrogen-bond acceptors (Lipinski definition) is 8. The van der Waals surface area contributed by atoms with Crippen LogP contribution >= 0.6 is 0 Å². The van der Waals surface area contributed by atoms with Gasteiger partial charge in [0.25, 0.3) is 0 Å². The summed E-state index contributed by atoms with van der Waals surface area (Å²) >= 11 is 0. The number of aliphatic hydroxyl groups excluding tert-OH is 1. The van der Waals surface area contributed by atoms with Crippen molar-refractivity contribution in [2.24, 2.45) is 0 Å². The Morgan fingerprint density at radius 2 is 2.06 bits per heavy atom. The van der Waals surface area contributed by atoms with Crippen LogP contribution in [-0.4, -0.2) is 82.9 Å². The number of likely N-dealkylation sites (tertiary alicyclic amines) is 1. The van der Waals surface area contributed by atoms with Crippen molar-refractivity contribution >= 4 is 0 Å². The summed E-state index contributed by atoms with van der Waals surface area (Å²) in [6, 6.07) is 5.92. The topological polar surface area (TPSA) is 96.0 Å². The Kier molecular flexibility index (Phi) is 7.96. The molecule has 176 valence electrons. The molecular formula is C23H35N5O4. The molecular weight excluding hydrogens is 410 g/mol. The summed E-state index contributed by atoms with van der Waals surface area (Å²) < 4.78 is 11.4. The number of aromatic amines is 1. The number of piperidine rings is 1. The molecule has 0 bridgehead atoms. The van der Waals surface area contributed by atoms with E-state index in [0.29, 0.717) is 30.5 Å². The number of nitrogens with one attached hydrogen (secondary N) is 1. The maximum Gasteiger partial charge on any atom is 0.161 e. The van der Waals surface area contributed by atoms with Gasteiger partial charge in [-0.2, -0.15) is 10.2 Å². The second-order valence-corrected chi connectivity index (χ2v) is 8.71. The molecule has 2 fully saturated rings. The van der Waals surface area contributed by atoms with Crippen LogP contribution in [0.15, 0.2) is 18.2 Å². The van der Waals surface area contributed by atoms with Crippen LogP contribution in [0.1, 0.15) is 48.8 Å². The van der Waals surface area contributed by atoms with Crippen LogP contribution in [0.5, 0.6) is 11.5 Å². The largest absolute Gasteiger partial charge is 0.493 e. The molecule has 2 aromatic rings. The van der Waals surface area contributed by atoms with E-state index in [1.165, 1.54) is 0 Å². The Labute approximate surface area is 189 Å². The fourth-order valence-electron chi connectivity index (χ4n) is 4.36. The number of aryl methyl sites for hydroxylation is 1. The summed E-state index contributed by atoms with van der Waals surface area (Å²) in [6.07, 6.45) is 3.69. The van der Waals surface area contributed by atoms with Crippen molar-refractivity contribution in [3.05, 3.63) is 35.4 Å². The molecule has 0 amide bonds. The molecule has 1 aromatic carbocycles. The highest BCUT2D eigenvalue weighted by atomic mass is 16.7. The van der Waals surface area contributed by atoms with E-state index >= 15 is 0 Å². The minimum absolute atomic E-state index is 0.222. The molecule has 1 unspecified atom stereocenters. The lowest BCUT2D eigenvalue weighted by molar-refractivity contribution is -0.187. The smallest absolute Gasteiger partial charge is 0.161 e. The number of β-amino-alcohol motifs (C(OH)–C–C–N with tert-alkyl or cyclic N) is 1. The monoisotopic (exact) mass is 445 g/mol. The quantitative estimate of drug-likeness (QED) is 0.607. The van der Waals surface area contributed by atoms with E-state index in [1.54, 1.807) is 7.11 Å². The Hall–Kier alpha value is -2.20. The van der Waals surface area contributed by atoms with Crippen LogP contribution in [0.2, 0.25) is 0 Å². The highest BCUT2D eigenvalue weighted by molar-refractivity contribution is 5.43. The first-order valence-electron chi connectivity index (χ1n) is 11.6. The van der Waals surface area contributed by atoms with Gasteiger partial charge in [0.2, 0.25) is 0 Å². The van der Waals surface area contributed by atoms with E-state index in [4.69, 9.17) is 14.3 Å². The molecule has 0 saturated carbocycles. The zero-order valence-corrected chi connectivity index (χ0v) is 19.1. The third kappa shape index (κ3) is 6.19. The van der Waals surface area contributed by atoms with Crippen molar-refractivity contribution in [1.29, 1.82) is 0 Å². The van der Waals surface area contributed by atoms with E-state index in [-0.39, 0.29) is 6.61 Å². The summed E-state index contributed by atoms with van der Waals surface area (Å²) in [5.41, 5.74) is 1.10. The number of aliphatic hydroxyl groups is 1. The minimum atomic E-state index is -0.573. The van der Waals surface area contributed by atoms with Gasteiger partial charge in [-0.15, -0.1) is 0 Å². The van der Waals surface area contributed by atoms with E-state index in [0.717, 1.165) is 69.1 Å². The predicted octanol–water partition coefficient (Wildman–Crippen LogP) is 2.27. The third-order valence-corrected chi connectivity index (χ3v) is 6.13. The van der Waals surface area contributed by atoms with Crippen molar-refractivity contribution in [3.63, 3.8) is 0 Å². The highest BCUT2D eigenvalue weighted by Gasteiger charge is 2.25. The molecule has 9 nitrogen and oxygen atoms in total. The maximum atomic E-state index is 10.6. The predicted molar refractivity (Wildman–Crippen MR) is 120 cm³/mol. The lowest BCUT2D eigenvalue weighted by Crippen LogP contribution is -2.40. The zero-order chi connectivity index (χ0) is 22.3. The van der Waals surface area contributed by atoms with Gasteiger partial charge in [-0.1, -0.05) is 6.07 Å². The first-order valence-corrected chi connectivity index (χ1v) is 11.6. The number of H-pyrrole nitrogens is 1. The van der Waals surface area contributed by atoms with E-state index < -0.39 is 6.10 Å². The van der Waals surface area contributed by atoms with Crippen molar-refractivity contribution in [3.8, 4) is 11.5 Å². The molecule has 2 aliphatic heterocycles. The third-order valence-electron chi connectivity index (χ3n) is 6.13. The van der Waals surface area contributed by atoms with Gasteiger partial charge < -0.3 is 19.5 Å². The number of nitrogens with zero attached hydrogens (tertiary/aromatic N) is 4. The number of benzene rings is 1. The van der Waals surface area contributed by atoms with Gasteiger partial charge >= 0.3 is 0 Å². The molecule has 3 heterocycles. The summed E-state index contributed by atoms with van der Waals surface area (Å²) in [5, 5.41) is 19.8. The Morgan fingerprint density at radius 1 is 1.22 bits per heavy atom. The summed E-state index contributed by atoms with van der Waals surface area (Å²) in [6.45, 7) is 7.00. The number of ether oxygens (including phenoxy) is 2. The van der Waals surface area contributed by atoms with Gasteiger partial charge in [0.1, 0.15) is 18.5 Å². The number of hydrogen-bond donors (Lipinski definition) is 2. The molecule has 32 heavy (non-hydrogen) atoms. The number of hydroxylamine groups is 2. The van der Waals surface area contributed by atoms with Crippen LogP contribution in [0.4, 0.5) is 0 Å². The van der Waals surface area contributed by atoms with Crippen molar-refractivity contribution in [2.75, 3.05) is 46.5 Å². The molecule has 9 heteroatoms. The Bertz CT molecular complexity index is 847. The molecule has 0 radical (unpaired) electrons. The maximum absolute atomic E-state index is 10.6. The summed E-state index contributed by atoms with van der Waals surface area (Å²) in [4.78, 5) is 12.5. The molecule has 0 aliphatic carbocycles. The van der Waals surface area contributed by atoms with Crippen LogP contribution in [0.3, 0.4) is 0 Å². The SMILES string of the molecule is COc1ccc(CN2CCCCO2)cc1OCC(O)CN1CCC(c2n[nH]c(C)n2)CC1. The van der Waals surface area contributed by atoms with Gasteiger partial charge in [-0.25, -0.2) is 4.98 Å². The first kappa shape index (κ1) is 23.0. The molecule has 1 aromatic heterocycles. The Balaban J connectivity index is 1.25. The fraction of sp³-hybridized carbons (Fsp3) is 0.652. The first-order chi connectivity index (χ1) is 15.6. The van der Waals surface area contributed by atoms with Crippen LogP contribution in [0, 0.1) is 6.92 Å². The standard InChI is InChI=1S/C23H35N5O4/c1-17-24-23(26-25-17)19-7-10-27(11-8-19)15-20(29)16-31-22-13-18(5-6-21(22)30-2)14-28-9-3-4-12-32-28/h5-6,13,19-20,29H,3-4,7-12,14-16H2,1-2H3,(H,24,25,26). The molecule has 2 saturated heterocycles. The van der Waals surface area contributed by atoms with E-state index in [9.17, 15) is 5.11 Å². The van der Waals surface area contributed by atoms with Crippen molar-refractivity contribution < 1.29 is 19.4 Å². The van der Waals surface area contributed by atoms with Crippen LogP contribution < -0.4 is 9.47 Å². The lowest BCUT2D eigenvalue weighted by Gasteiger charge is -2.32. The number of aromatic nitrogens is 3. The zero-order valence-electron chi connectivity index (χ0n) is 19.1. The molecule has 2 N–H and O–H groups in total. The molecule has 2 aliphatic rings. The van der Waals surface area contributed by atoms with Crippen molar-refractivity contribution in [1.82, 2.24) is 25.1 Å². The fourth-order valence-corrected chi connectivity index (χ4v) is 4.36. The van der Waals surface area contributed by atoms with Crippen LogP contribution in [-0.2, 0) is 11.4 Å². The normalized spacial score (nSPS) is 19.7. The van der Waals surface area contributed by atoms with Gasteiger partial charge in [-0.05, 0) is 63.4 Å². The number of rotatable bonds is 9. The van der Waals surface area contributed by atoms with Gasteiger partial charge in [-0.3, -0.25) is 9.94 Å². The van der Waals surface area contributed by atoms with Crippen LogP contribution in [0.25, 0.3) is 0 Å². The molecule has 1 atom stereocenters. The van der Waals surface area contributed by atoms with Crippen molar-refractivity contribution in [2.45, 2.75) is 51.2 Å². The van der Waals surface area contributed by atoms with Gasteiger partial charge in [0.15, 0.2) is 17.3 Å². The molecule has 4 rings (SSSR count). The average molecular weight is 446 g/mol. The number of methoxy groups -OCH3 is 1. The van der Waals surface area contributed by atoms with E-state index in [1.807, 2.05) is 30.2 Å². The second-order valence-electron chi connectivity index (χ2n) is 8.71. The Morgan fingerprint density at radius 3 is 2.75 bits per heavy atom. The van der Waals surface area contributed by atoms with E-state index in [2.05, 4.69) is 20.1 Å². The highest BCUT2D eigenvalue weighted by Crippen LogP contribution is 2.29. The lowest BCUT2D eigenvalue weighted by atomic mass is 9.96. The molecule has 0 spiro atoms. The van der Waals surface area contributed by atoms with Gasteiger partial charge in [0, 0.05) is 25.6 Å². The minimum Gasteiger partial charge on any atom is -0.493 e. The van der Waals surface area contributed by atoms with Gasteiger partial charge in [0.05, 0.1) is 13.7 Å². The summed E-state index contributed by atoms with van der Waals surface area (Å²) in [7, 11) is 1.63. The summed E-state index contributed by atoms with van der Waals surface area (Å²) in [5.74, 6) is 3.48.